The third kappa shape index (κ3) is 4.82. The van der Waals surface area contributed by atoms with E-state index in [1.54, 1.807) is 43.1 Å². The highest BCUT2D eigenvalue weighted by molar-refractivity contribution is 6.05. The molecule has 3 rings (SSSR count). The number of hydrogen-bond donors (Lipinski definition) is 2. The van der Waals surface area contributed by atoms with Crippen LogP contribution in [0.1, 0.15) is 28.9 Å². The summed E-state index contributed by atoms with van der Waals surface area (Å²) in [6, 6.07) is 10.7. The summed E-state index contributed by atoms with van der Waals surface area (Å²) in [5.74, 6) is -0.183. The monoisotopic (exact) mass is 379 g/mol. The lowest BCUT2D eigenvalue weighted by Gasteiger charge is -2.13. The summed E-state index contributed by atoms with van der Waals surface area (Å²) in [5, 5.41) is 2.85. The van der Waals surface area contributed by atoms with E-state index >= 15 is 0 Å². The Hall–Kier alpha value is -2.34. The molecule has 132 valence electrons. The number of nitrogens with one attached hydrogen (secondary N) is 1. The molecule has 2 aromatic heterocycles. The number of carbonyl (C=O) groups is 1. The van der Waals surface area contributed by atoms with Gasteiger partial charge in [0.2, 0.25) is 0 Å². The zero-order valence-corrected chi connectivity index (χ0v) is 15.1. The molecule has 0 aliphatic carbocycles. The minimum Gasteiger partial charge on any atom is -0.472 e. The Morgan fingerprint density at radius 1 is 1.16 bits per heavy atom. The van der Waals surface area contributed by atoms with Crippen molar-refractivity contribution in [2.24, 2.45) is 5.73 Å². The third-order valence-electron chi connectivity index (χ3n) is 3.58. The minimum atomic E-state index is -0.183. The highest BCUT2D eigenvalue weighted by atomic mass is 35.5. The van der Waals surface area contributed by atoms with Crippen molar-refractivity contribution in [2.75, 3.05) is 5.32 Å². The van der Waals surface area contributed by atoms with Gasteiger partial charge in [-0.15, -0.1) is 24.8 Å². The van der Waals surface area contributed by atoms with Gasteiger partial charge in [0.15, 0.2) is 0 Å². The normalized spacial score (nSPS) is 11.0. The van der Waals surface area contributed by atoms with Gasteiger partial charge < -0.3 is 15.5 Å². The van der Waals surface area contributed by atoms with Crippen molar-refractivity contribution in [3.8, 4) is 11.1 Å². The fourth-order valence-electron chi connectivity index (χ4n) is 2.40. The maximum Gasteiger partial charge on any atom is 0.255 e. The van der Waals surface area contributed by atoms with Gasteiger partial charge in [-0.25, -0.2) is 0 Å². The van der Waals surface area contributed by atoms with Crippen LogP contribution in [0.3, 0.4) is 0 Å². The summed E-state index contributed by atoms with van der Waals surface area (Å²) in [4.78, 5) is 16.4. The van der Waals surface area contributed by atoms with Crippen LogP contribution in [-0.4, -0.2) is 10.9 Å². The molecule has 0 saturated heterocycles. The Bertz CT molecular complexity index is 806. The number of benzene rings is 1. The molecule has 1 aromatic carbocycles. The summed E-state index contributed by atoms with van der Waals surface area (Å²) in [5.41, 5.74) is 10.1. The number of carbonyl (C=O) groups excluding carboxylic acids is 1. The van der Waals surface area contributed by atoms with Gasteiger partial charge in [0.25, 0.3) is 5.91 Å². The van der Waals surface area contributed by atoms with Gasteiger partial charge in [0.1, 0.15) is 0 Å². The summed E-state index contributed by atoms with van der Waals surface area (Å²) < 4.78 is 5.15. The Morgan fingerprint density at radius 2 is 1.88 bits per heavy atom. The molecular weight excluding hydrogens is 361 g/mol. The van der Waals surface area contributed by atoms with E-state index in [1.807, 2.05) is 25.1 Å². The molecule has 0 spiro atoms. The van der Waals surface area contributed by atoms with E-state index in [9.17, 15) is 4.79 Å². The maximum atomic E-state index is 12.4. The summed E-state index contributed by atoms with van der Waals surface area (Å²) >= 11 is 0. The third-order valence-corrected chi connectivity index (χ3v) is 3.58. The molecule has 1 atom stereocenters. The van der Waals surface area contributed by atoms with Crippen LogP contribution < -0.4 is 11.1 Å². The van der Waals surface area contributed by atoms with Crippen LogP contribution in [0.4, 0.5) is 5.69 Å². The molecule has 0 fully saturated rings. The number of nitrogens with two attached hydrogens (primary N) is 1. The molecule has 0 bridgehead atoms. The summed E-state index contributed by atoms with van der Waals surface area (Å²) in [6.07, 6.45) is 6.51. The smallest absolute Gasteiger partial charge is 0.255 e. The molecule has 2 heterocycles. The number of amides is 1. The first-order valence-electron chi connectivity index (χ1n) is 7.28. The lowest BCUT2D eigenvalue weighted by atomic mass is 9.95. The number of furan rings is 1. The Morgan fingerprint density at radius 3 is 2.48 bits per heavy atom. The van der Waals surface area contributed by atoms with Crippen LogP contribution in [-0.2, 0) is 0 Å². The van der Waals surface area contributed by atoms with E-state index in [4.69, 9.17) is 10.2 Å². The molecule has 7 heteroatoms. The van der Waals surface area contributed by atoms with Gasteiger partial charge in [-0.2, -0.15) is 0 Å². The largest absolute Gasteiger partial charge is 0.472 e. The van der Waals surface area contributed by atoms with Crippen LogP contribution in [0.15, 0.2) is 65.7 Å². The molecule has 0 saturated carbocycles. The maximum absolute atomic E-state index is 12.4. The number of hydrogen-bond acceptors (Lipinski definition) is 4. The van der Waals surface area contributed by atoms with Crippen molar-refractivity contribution in [3.05, 3.63) is 72.4 Å². The van der Waals surface area contributed by atoms with Crippen LogP contribution >= 0.6 is 24.8 Å². The lowest BCUT2D eigenvalue weighted by Crippen LogP contribution is -2.13. The number of anilines is 1. The second-order valence-electron chi connectivity index (χ2n) is 5.29. The molecule has 0 aliphatic heterocycles. The topological polar surface area (TPSA) is 81.2 Å². The standard InChI is InChI=1S/C18H17N3O2.2ClH/c1-12(19)16-3-2-13(10-17(16)14-6-9-23-11-14)18(22)21-15-4-7-20-8-5-15;;/h2-12H,19H2,1H3,(H,20,21,22);2*1H. The Balaban J connectivity index is 0.00000156. The van der Waals surface area contributed by atoms with E-state index in [1.165, 1.54) is 0 Å². The average molecular weight is 380 g/mol. The summed E-state index contributed by atoms with van der Waals surface area (Å²) in [7, 11) is 0. The van der Waals surface area contributed by atoms with Gasteiger partial charge in [0.05, 0.1) is 12.5 Å². The van der Waals surface area contributed by atoms with Crippen molar-refractivity contribution in [1.29, 1.82) is 0 Å². The van der Waals surface area contributed by atoms with Crippen molar-refractivity contribution in [1.82, 2.24) is 4.98 Å². The van der Waals surface area contributed by atoms with Crippen molar-refractivity contribution in [3.63, 3.8) is 0 Å². The van der Waals surface area contributed by atoms with Crippen LogP contribution in [0.5, 0.6) is 0 Å². The second kappa shape index (κ2) is 9.22. The van der Waals surface area contributed by atoms with E-state index in [0.29, 0.717) is 11.3 Å². The number of rotatable bonds is 4. The molecule has 0 radical (unpaired) electrons. The van der Waals surface area contributed by atoms with Crippen LogP contribution in [0.25, 0.3) is 11.1 Å². The SMILES string of the molecule is CC(N)c1ccc(C(=O)Nc2ccncc2)cc1-c1ccoc1.Cl.Cl. The molecular formula is C18H19Cl2N3O2. The van der Waals surface area contributed by atoms with Crippen molar-refractivity contribution in [2.45, 2.75) is 13.0 Å². The first-order valence-corrected chi connectivity index (χ1v) is 7.28. The molecule has 3 aromatic rings. The first-order chi connectivity index (χ1) is 11.1. The highest BCUT2D eigenvalue weighted by Crippen LogP contribution is 2.29. The highest BCUT2D eigenvalue weighted by Gasteiger charge is 2.14. The zero-order valence-electron chi connectivity index (χ0n) is 13.5. The number of pyridine rings is 1. The predicted molar refractivity (Wildman–Crippen MR) is 103 cm³/mol. The number of aromatic nitrogens is 1. The minimum absolute atomic E-state index is 0. The molecule has 25 heavy (non-hydrogen) atoms. The Kier molecular flexibility index (Phi) is 7.64. The molecule has 5 nitrogen and oxygen atoms in total. The fourth-order valence-corrected chi connectivity index (χ4v) is 2.40. The van der Waals surface area contributed by atoms with Gasteiger partial charge in [0, 0.05) is 35.2 Å². The number of halogens is 2. The van der Waals surface area contributed by atoms with Gasteiger partial charge >= 0.3 is 0 Å². The van der Waals surface area contributed by atoms with Crippen LogP contribution in [0.2, 0.25) is 0 Å². The van der Waals surface area contributed by atoms with E-state index in [2.05, 4.69) is 10.3 Å². The van der Waals surface area contributed by atoms with Crippen LogP contribution in [0, 0.1) is 0 Å². The van der Waals surface area contributed by atoms with Crippen molar-refractivity contribution >= 4 is 36.4 Å². The predicted octanol–water partition coefficient (Wildman–Crippen LogP) is 4.46. The molecule has 0 aliphatic rings. The molecule has 1 unspecified atom stereocenters. The average Bonchev–Trinajstić information content (AvgIpc) is 3.09. The fraction of sp³-hybridized carbons (Fsp3) is 0.111. The molecule has 3 N–H and O–H groups in total. The Labute approximate surface area is 158 Å². The zero-order chi connectivity index (χ0) is 16.2. The summed E-state index contributed by atoms with van der Waals surface area (Å²) in [6.45, 7) is 1.91. The lowest BCUT2D eigenvalue weighted by molar-refractivity contribution is 0.102. The van der Waals surface area contributed by atoms with E-state index in [0.717, 1.165) is 16.7 Å². The second-order valence-corrected chi connectivity index (χ2v) is 5.29. The number of nitrogens with zero attached hydrogens (tertiary/aromatic N) is 1. The van der Waals surface area contributed by atoms with E-state index in [-0.39, 0.29) is 36.8 Å². The quantitative estimate of drug-likeness (QED) is 0.700. The van der Waals surface area contributed by atoms with Gasteiger partial charge in [-0.05, 0) is 48.4 Å². The van der Waals surface area contributed by atoms with Crippen molar-refractivity contribution < 1.29 is 9.21 Å². The molecule has 1 amide bonds. The van der Waals surface area contributed by atoms with Gasteiger partial charge in [-0.1, -0.05) is 6.07 Å². The van der Waals surface area contributed by atoms with E-state index < -0.39 is 0 Å². The van der Waals surface area contributed by atoms with Gasteiger partial charge in [-0.3, -0.25) is 9.78 Å². The first kappa shape index (κ1) is 20.7.